The van der Waals surface area contributed by atoms with Crippen LogP contribution in [0.2, 0.25) is 0 Å². The van der Waals surface area contributed by atoms with E-state index in [1.165, 1.54) is 31.4 Å². The molecule has 1 unspecified atom stereocenters. The molecular weight excluding hydrogens is 122 g/mol. The molecule has 0 N–H and O–H groups in total. The number of hydrogen-bond donors (Lipinski definition) is 0. The van der Waals surface area contributed by atoms with Gasteiger partial charge in [-0.05, 0) is 39.8 Å². The van der Waals surface area contributed by atoms with Crippen molar-refractivity contribution in [1.29, 1.82) is 0 Å². The van der Waals surface area contributed by atoms with Crippen LogP contribution < -0.4 is 0 Å². The van der Waals surface area contributed by atoms with Gasteiger partial charge in [0.25, 0.3) is 0 Å². The molecule has 1 aliphatic heterocycles. The van der Waals surface area contributed by atoms with Gasteiger partial charge in [0.2, 0.25) is 0 Å². The smallest absolute Gasteiger partial charge is 0.0130 e. The zero-order valence-corrected chi connectivity index (χ0v) is 7.06. The Hall–Kier alpha value is -0.300. The Balaban J connectivity index is 2.33. The summed E-state index contributed by atoms with van der Waals surface area (Å²) in [7, 11) is 2.21. The highest BCUT2D eigenvalue weighted by Crippen LogP contribution is 2.20. The summed E-state index contributed by atoms with van der Waals surface area (Å²) in [6.45, 7) is 7.32. The molecule has 1 aliphatic rings. The molecule has 1 nitrogen and oxygen atoms in total. The lowest BCUT2D eigenvalue weighted by Crippen LogP contribution is -2.24. The van der Waals surface area contributed by atoms with Crippen LogP contribution in [0.25, 0.3) is 0 Å². The molecule has 1 heteroatoms. The van der Waals surface area contributed by atoms with Gasteiger partial charge in [0.1, 0.15) is 0 Å². The fourth-order valence-corrected chi connectivity index (χ4v) is 1.64. The highest BCUT2D eigenvalue weighted by Gasteiger charge is 2.19. The molecule has 58 valence electrons. The zero-order valence-electron chi connectivity index (χ0n) is 7.06. The van der Waals surface area contributed by atoms with Gasteiger partial charge in [0, 0.05) is 6.04 Å². The van der Waals surface area contributed by atoms with E-state index in [0.717, 1.165) is 6.04 Å². The molecule has 0 bridgehead atoms. The largest absolute Gasteiger partial charge is 0.303 e. The first-order chi connectivity index (χ1) is 4.70. The van der Waals surface area contributed by atoms with E-state index in [4.69, 9.17) is 0 Å². The molecule has 0 amide bonds. The van der Waals surface area contributed by atoms with Crippen LogP contribution in [0.4, 0.5) is 0 Å². The normalized spacial score (nSPS) is 27.2. The van der Waals surface area contributed by atoms with E-state index in [0.29, 0.717) is 0 Å². The van der Waals surface area contributed by atoms with Crippen LogP contribution in [-0.2, 0) is 0 Å². The summed E-state index contributed by atoms with van der Waals surface area (Å²) in [5.74, 6) is 0. The Labute approximate surface area is 63.7 Å². The summed E-state index contributed by atoms with van der Waals surface area (Å²) in [6, 6.07) is 0.789. The van der Waals surface area contributed by atoms with Crippen LogP contribution in [0.3, 0.4) is 0 Å². The summed E-state index contributed by atoms with van der Waals surface area (Å²) < 4.78 is 0. The molecule has 1 fully saturated rings. The lowest BCUT2D eigenvalue weighted by Gasteiger charge is -2.18. The van der Waals surface area contributed by atoms with Crippen molar-refractivity contribution in [2.45, 2.75) is 32.2 Å². The molecule has 1 saturated heterocycles. The third-order valence-corrected chi connectivity index (χ3v) is 2.26. The van der Waals surface area contributed by atoms with E-state index in [1.807, 2.05) is 0 Å². The van der Waals surface area contributed by atoms with Gasteiger partial charge in [-0.1, -0.05) is 5.57 Å². The van der Waals surface area contributed by atoms with Crippen LogP contribution in [0.15, 0.2) is 12.2 Å². The average molecular weight is 139 g/mol. The van der Waals surface area contributed by atoms with Gasteiger partial charge in [0.15, 0.2) is 0 Å². The first-order valence-electron chi connectivity index (χ1n) is 4.05. The minimum Gasteiger partial charge on any atom is -0.303 e. The monoisotopic (exact) mass is 139 g/mol. The van der Waals surface area contributed by atoms with E-state index in [-0.39, 0.29) is 0 Å². The van der Waals surface area contributed by atoms with Gasteiger partial charge in [-0.2, -0.15) is 0 Å². The number of likely N-dealkylation sites (tertiary alicyclic amines) is 1. The highest BCUT2D eigenvalue weighted by atomic mass is 15.1. The minimum absolute atomic E-state index is 0.789. The maximum Gasteiger partial charge on any atom is 0.0130 e. The third-order valence-electron chi connectivity index (χ3n) is 2.26. The number of hydrogen-bond acceptors (Lipinski definition) is 1. The molecule has 0 aliphatic carbocycles. The Morgan fingerprint density at radius 3 is 2.80 bits per heavy atom. The number of rotatable bonds is 2. The van der Waals surface area contributed by atoms with Crippen molar-refractivity contribution in [1.82, 2.24) is 4.90 Å². The Morgan fingerprint density at radius 2 is 2.40 bits per heavy atom. The van der Waals surface area contributed by atoms with E-state index in [2.05, 4.69) is 25.5 Å². The summed E-state index contributed by atoms with van der Waals surface area (Å²) in [5.41, 5.74) is 1.32. The fraction of sp³-hybridized carbons (Fsp3) is 0.778. The molecule has 1 rings (SSSR count). The first-order valence-corrected chi connectivity index (χ1v) is 4.05. The lowest BCUT2D eigenvalue weighted by atomic mass is 10.1. The molecule has 0 aromatic carbocycles. The molecule has 0 aromatic rings. The van der Waals surface area contributed by atoms with Gasteiger partial charge >= 0.3 is 0 Å². The summed E-state index contributed by atoms with van der Waals surface area (Å²) in [6.07, 6.45) is 3.92. The van der Waals surface area contributed by atoms with E-state index < -0.39 is 0 Å². The Morgan fingerprint density at radius 1 is 1.70 bits per heavy atom. The molecule has 0 spiro atoms. The van der Waals surface area contributed by atoms with Crippen LogP contribution >= 0.6 is 0 Å². The molecule has 0 radical (unpaired) electrons. The SMILES string of the molecule is C=C(C)CC1CCCN1C. The highest BCUT2D eigenvalue weighted by molar-refractivity contribution is 4.94. The second-order valence-electron chi connectivity index (χ2n) is 3.44. The molecular formula is C9H17N. The van der Waals surface area contributed by atoms with Crippen molar-refractivity contribution in [2.75, 3.05) is 13.6 Å². The van der Waals surface area contributed by atoms with Crippen molar-refractivity contribution < 1.29 is 0 Å². The predicted octanol–water partition coefficient (Wildman–Crippen LogP) is 2.05. The minimum atomic E-state index is 0.789. The summed E-state index contributed by atoms with van der Waals surface area (Å²) >= 11 is 0. The second-order valence-corrected chi connectivity index (χ2v) is 3.44. The maximum absolute atomic E-state index is 3.93. The Bertz CT molecular complexity index is 129. The van der Waals surface area contributed by atoms with Crippen molar-refractivity contribution in [3.63, 3.8) is 0 Å². The maximum atomic E-state index is 3.93. The quantitative estimate of drug-likeness (QED) is 0.529. The standard InChI is InChI=1S/C9H17N/c1-8(2)7-9-5-4-6-10(9)3/h9H,1,4-7H2,2-3H3. The Kier molecular flexibility index (Phi) is 2.50. The molecule has 1 heterocycles. The predicted molar refractivity (Wildman–Crippen MR) is 45.1 cm³/mol. The van der Waals surface area contributed by atoms with E-state index in [1.54, 1.807) is 0 Å². The summed E-state index contributed by atoms with van der Waals surface area (Å²) in [5, 5.41) is 0. The molecule has 10 heavy (non-hydrogen) atoms. The zero-order chi connectivity index (χ0) is 7.56. The van der Waals surface area contributed by atoms with Crippen LogP contribution in [0.1, 0.15) is 26.2 Å². The van der Waals surface area contributed by atoms with Gasteiger partial charge in [-0.25, -0.2) is 0 Å². The second kappa shape index (κ2) is 3.20. The van der Waals surface area contributed by atoms with E-state index >= 15 is 0 Å². The summed E-state index contributed by atoms with van der Waals surface area (Å²) in [4.78, 5) is 2.44. The van der Waals surface area contributed by atoms with Crippen molar-refractivity contribution >= 4 is 0 Å². The van der Waals surface area contributed by atoms with Crippen LogP contribution in [0.5, 0.6) is 0 Å². The topological polar surface area (TPSA) is 3.24 Å². The van der Waals surface area contributed by atoms with Gasteiger partial charge in [-0.3, -0.25) is 0 Å². The van der Waals surface area contributed by atoms with Crippen molar-refractivity contribution in [3.8, 4) is 0 Å². The fourth-order valence-electron chi connectivity index (χ4n) is 1.64. The molecule has 0 aromatic heterocycles. The third kappa shape index (κ3) is 1.84. The molecule has 1 atom stereocenters. The first kappa shape index (κ1) is 7.80. The van der Waals surface area contributed by atoms with Crippen LogP contribution in [-0.4, -0.2) is 24.5 Å². The van der Waals surface area contributed by atoms with Crippen molar-refractivity contribution in [2.24, 2.45) is 0 Å². The number of nitrogens with zero attached hydrogens (tertiary/aromatic N) is 1. The van der Waals surface area contributed by atoms with Crippen molar-refractivity contribution in [3.05, 3.63) is 12.2 Å². The van der Waals surface area contributed by atoms with Gasteiger partial charge in [-0.15, -0.1) is 6.58 Å². The molecule has 0 saturated carbocycles. The van der Waals surface area contributed by atoms with E-state index in [9.17, 15) is 0 Å². The van der Waals surface area contributed by atoms with Crippen LogP contribution in [0, 0.1) is 0 Å². The van der Waals surface area contributed by atoms with Gasteiger partial charge < -0.3 is 4.90 Å². The average Bonchev–Trinajstić information content (AvgIpc) is 2.15. The lowest BCUT2D eigenvalue weighted by molar-refractivity contribution is 0.309. The van der Waals surface area contributed by atoms with Gasteiger partial charge in [0.05, 0.1) is 0 Å².